The van der Waals surface area contributed by atoms with Crippen LogP contribution in [0.2, 0.25) is 0 Å². The Morgan fingerprint density at radius 2 is 0.476 bits per heavy atom. The summed E-state index contributed by atoms with van der Waals surface area (Å²) in [5.41, 5.74) is 19.4. The Labute approximate surface area is 709 Å². The number of hydrogen-bond donors (Lipinski definition) is 0. The summed E-state index contributed by atoms with van der Waals surface area (Å²) in [6.45, 7) is 0. The summed E-state index contributed by atoms with van der Waals surface area (Å²) in [7, 11) is 0. The molecule has 26 rings (SSSR count). The molecule has 10 nitrogen and oxygen atoms in total. The van der Waals surface area contributed by atoms with E-state index in [0.717, 1.165) is 154 Å². The standard InChI is InChI=1S/2C57H34N4O/c1-3-13-35(14-4-1)36-23-25-38(26-24-36)56-58-55(37-15-5-2-6-16-37)59-57(60-56)45-27-28-49(54-53(45)48-31-41-19-9-12-22-44(41)34-52(48)62-54)61-50-32-42-20-10-7-17-39(42)29-46(50)47-30-40-18-8-11-21-43(40)33-51(47)61;1-3-14-35(15-4-1)38-23-13-24-43(30-38)56-58-55(37-17-5-2-6-18-37)59-57(60-56)45-27-29-49(54-53(45)47-32-40-20-8-10-22-42(40)34-51(47)62-54)61-48-28-26-36-16-11-12-25-44(36)52(48)46-31-39-19-7-9-21-41(39)33-50(46)61/h2*1-34H. The molecule has 576 valence electrons. The van der Waals surface area contributed by atoms with Gasteiger partial charge >= 0.3 is 0 Å². The average Bonchev–Trinajstić information content (AvgIpc) is 1.55. The van der Waals surface area contributed by atoms with Gasteiger partial charge in [0.2, 0.25) is 0 Å². The van der Waals surface area contributed by atoms with E-state index in [1.165, 1.54) is 64.6 Å². The lowest BCUT2D eigenvalue weighted by Gasteiger charge is -2.13. The van der Waals surface area contributed by atoms with Crippen molar-refractivity contribution in [2.75, 3.05) is 0 Å². The minimum absolute atomic E-state index is 0.575. The zero-order valence-corrected chi connectivity index (χ0v) is 66.7. The predicted octanol–water partition coefficient (Wildman–Crippen LogP) is 30.0. The van der Waals surface area contributed by atoms with E-state index in [-0.39, 0.29) is 0 Å². The van der Waals surface area contributed by atoms with Crippen LogP contribution >= 0.6 is 0 Å². The van der Waals surface area contributed by atoms with Crippen molar-refractivity contribution >= 4 is 152 Å². The number of furan rings is 2. The third-order valence-corrected chi connectivity index (χ3v) is 24.7. The highest BCUT2D eigenvalue weighted by molar-refractivity contribution is 6.26. The van der Waals surface area contributed by atoms with Crippen LogP contribution in [0.1, 0.15) is 0 Å². The summed E-state index contributed by atoms with van der Waals surface area (Å²) in [5.74, 6) is 3.56. The molecule has 20 aromatic carbocycles. The highest BCUT2D eigenvalue weighted by atomic mass is 16.3. The van der Waals surface area contributed by atoms with Gasteiger partial charge < -0.3 is 18.0 Å². The molecule has 0 bridgehead atoms. The van der Waals surface area contributed by atoms with Crippen molar-refractivity contribution in [3.8, 4) is 102 Å². The van der Waals surface area contributed by atoms with Gasteiger partial charge in [-0.3, -0.25) is 0 Å². The van der Waals surface area contributed by atoms with Crippen LogP contribution in [-0.2, 0) is 0 Å². The Kier molecular flexibility index (Phi) is 16.1. The van der Waals surface area contributed by atoms with E-state index in [9.17, 15) is 0 Å². The minimum atomic E-state index is 0.575. The second kappa shape index (κ2) is 28.5. The van der Waals surface area contributed by atoms with Crippen molar-refractivity contribution in [1.82, 2.24) is 39.0 Å². The molecule has 0 radical (unpaired) electrons. The smallest absolute Gasteiger partial charge is 0.164 e. The van der Waals surface area contributed by atoms with Gasteiger partial charge in [0, 0.05) is 76.5 Å². The summed E-state index contributed by atoms with van der Waals surface area (Å²) >= 11 is 0. The largest absolute Gasteiger partial charge is 0.454 e. The molecular formula is C114H68N8O2. The van der Waals surface area contributed by atoms with Crippen molar-refractivity contribution in [2.24, 2.45) is 0 Å². The molecule has 124 heavy (non-hydrogen) atoms. The Hall–Kier alpha value is -16.8. The zero-order chi connectivity index (χ0) is 81.5. The lowest BCUT2D eigenvalue weighted by Crippen LogP contribution is -2.01. The summed E-state index contributed by atoms with van der Waals surface area (Å²) < 4.78 is 19.1. The van der Waals surface area contributed by atoms with E-state index in [2.05, 4.69) is 373 Å². The first-order chi connectivity index (χ1) is 61.4. The molecule has 0 N–H and O–H groups in total. The number of rotatable bonds is 10. The Balaban J connectivity index is 0.000000136. The van der Waals surface area contributed by atoms with Crippen LogP contribution < -0.4 is 0 Å². The molecule has 0 amide bonds. The van der Waals surface area contributed by atoms with Crippen LogP contribution in [0.15, 0.2) is 421 Å². The maximum Gasteiger partial charge on any atom is 0.164 e. The lowest BCUT2D eigenvalue weighted by molar-refractivity contribution is 0.666. The first kappa shape index (κ1) is 70.2. The van der Waals surface area contributed by atoms with Crippen molar-refractivity contribution in [3.63, 3.8) is 0 Å². The summed E-state index contributed by atoms with van der Waals surface area (Å²) in [5, 5.41) is 22.8. The van der Waals surface area contributed by atoms with Crippen molar-refractivity contribution in [3.05, 3.63) is 413 Å². The van der Waals surface area contributed by atoms with Crippen LogP contribution in [0.3, 0.4) is 0 Å². The molecule has 0 unspecified atom stereocenters. The maximum atomic E-state index is 7.15. The van der Waals surface area contributed by atoms with E-state index in [1.54, 1.807) is 0 Å². The number of fused-ring (bicyclic) bond motifs is 19. The molecule has 0 aliphatic rings. The second-order valence-corrected chi connectivity index (χ2v) is 32.0. The molecule has 0 atom stereocenters. The zero-order valence-electron chi connectivity index (χ0n) is 66.7. The number of hydrogen-bond acceptors (Lipinski definition) is 8. The van der Waals surface area contributed by atoms with E-state index in [0.29, 0.717) is 34.9 Å². The fraction of sp³-hybridized carbons (Fsp3) is 0. The topological polar surface area (TPSA) is 113 Å². The average molecular weight is 1580 g/mol. The maximum absolute atomic E-state index is 7.15. The molecule has 10 heteroatoms. The molecule has 0 saturated carbocycles. The van der Waals surface area contributed by atoms with Gasteiger partial charge in [-0.25, -0.2) is 29.9 Å². The molecule has 26 aromatic rings. The fourth-order valence-electron chi connectivity index (χ4n) is 18.8. The Bertz CT molecular complexity index is 8770. The first-order valence-corrected chi connectivity index (χ1v) is 41.8. The molecule has 6 heterocycles. The van der Waals surface area contributed by atoms with Crippen LogP contribution in [0.5, 0.6) is 0 Å². The van der Waals surface area contributed by atoms with Gasteiger partial charge in [-0.2, -0.15) is 0 Å². The van der Waals surface area contributed by atoms with Gasteiger partial charge in [-0.15, -0.1) is 0 Å². The van der Waals surface area contributed by atoms with Gasteiger partial charge in [-0.1, -0.05) is 315 Å². The summed E-state index contributed by atoms with van der Waals surface area (Å²) in [6, 6.07) is 145. The Morgan fingerprint density at radius 3 is 0.927 bits per heavy atom. The van der Waals surface area contributed by atoms with Gasteiger partial charge in [0.1, 0.15) is 11.2 Å². The fourth-order valence-corrected chi connectivity index (χ4v) is 18.8. The molecule has 0 saturated heterocycles. The number of nitrogens with zero attached hydrogens (tertiary/aromatic N) is 8. The number of aromatic nitrogens is 8. The SMILES string of the molecule is c1ccc(-c2ccc(-c3nc(-c4ccccc4)nc(-c4ccc(-n5c6cc7ccccc7cc6c6cc7ccccc7cc65)c5oc6cc7ccccc7cc6c45)n3)cc2)cc1.c1ccc(-c2cccc(-c3nc(-c4ccccc4)nc(-c4ccc(-n5c6cc7ccccc7cc6c6c7ccccc7ccc65)c5oc6cc7ccccc7cc6c45)n3)c2)cc1. The van der Waals surface area contributed by atoms with E-state index >= 15 is 0 Å². The van der Waals surface area contributed by atoms with E-state index in [4.69, 9.17) is 38.7 Å². The van der Waals surface area contributed by atoms with Gasteiger partial charge in [0.15, 0.2) is 46.1 Å². The first-order valence-electron chi connectivity index (χ1n) is 41.8. The molecular weight excluding hydrogens is 1510 g/mol. The third-order valence-electron chi connectivity index (χ3n) is 24.7. The van der Waals surface area contributed by atoms with Crippen molar-refractivity contribution < 1.29 is 8.83 Å². The third kappa shape index (κ3) is 11.7. The van der Waals surface area contributed by atoms with Crippen molar-refractivity contribution in [2.45, 2.75) is 0 Å². The summed E-state index contributed by atoms with van der Waals surface area (Å²) in [6.07, 6.45) is 0. The number of benzene rings is 20. The highest BCUT2D eigenvalue weighted by Crippen LogP contribution is 2.49. The second-order valence-electron chi connectivity index (χ2n) is 32.0. The monoisotopic (exact) mass is 1580 g/mol. The van der Waals surface area contributed by atoms with Gasteiger partial charge in [0.25, 0.3) is 0 Å². The van der Waals surface area contributed by atoms with Gasteiger partial charge in [-0.05, 0) is 184 Å². The van der Waals surface area contributed by atoms with Crippen LogP contribution in [0.4, 0.5) is 0 Å². The van der Waals surface area contributed by atoms with Gasteiger partial charge in [0.05, 0.1) is 33.4 Å². The van der Waals surface area contributed by atoms with Crippen LogP contribution in [0.25, 0.3) is 254 Å². The van der Waals surface area contributed by atoms with Crippen LogP contribution in [0, 0.1) is 0 Å². The lowest BCUT2D eigenvalue weighted by atomic mass is 10.0. The highest BCUT2D eigenvalue weighted by Gasteiger charge is 2.28. The van der Waals surface area contributed by atoms with E-state index in [1.807, 2.05) is 48.5 Å². The predicted molar refractivity (Wildman–Crippen MR) is 511 cm³/mol. The molecule has 0 aliphatic carbocycles. The van der Waals surface area contributed by atoms with Crippen LogP contribution in [-0.4, -0.2) is 39.0 Å². The van der Waals surface area contributed by atoms with E-state index < -0.39 is 0 Å². The molecule has 6 aromatic heterocycles. The molecule has 0 spiro atoms. The minimum Gasteiger partial charge on any atom is -0.454 e. The normalized spacial score (nSPS) is 11.9. The molecule has 0 fully saturated rings. The summed E-state index contributed by atoms with van der Waals surface area (Å²) in [4.78, 5) is 31.4. The quantitative estimate of drug-likeness (QED) is 0.133. The molecule has 0 aliphatic heterocycles. The Morgan fingerprint density at radius 1 is 0.169 bits per heavy atom. The van der Waals surface area contributed by atoms with Crippen molar-refractivity contribution in [1.29, 1.82) is 0 Å².